The zero-order valence-corrected chi connectivity index (χ0v) is 16.0. The van der Waals surface area contributed by atoms with Gasteiger partial charge in [-0.1, -0.05) is 12.1 Å². The molecule has 154 valence electrons. The zero-order chi connectivity index (χ0) is 20.9. The molecule has 3 rings (SSSR count). The normalized spacial score (nSPS) is 15.4. The van der Waals surface area contributed by atoms with Gasteiger partial charge in [0.25, 0.3) is 0 Å². The van der Waals surface area contributed by atoms with Crippen LogP contribution in [-0.2, 0) is 19.7 Å². The van der Waals surface area contributed by atoms with Crippen LogP contribution in [0.4, 0.5) is 14.5 Å². The van der Waals surface area contributed by atoms with Crippen molar-refractivity contribution in [2.45, 2.75) is 18.3 Å². The lowest BCUT2D eigenvalue weighted by Crippen LogP contribution is -2.47. The second-order valence-corrected chi connectivity index (χ2v) is 6.88. The minimum absolute atomic E-state index is 0.209. The number of methoxy groups -OCH3 is 1. The van der Waals surface area contributed by atoms with E-state index in [0.29, 0.717) is 26.1 Å². The van der Waals surface area contributed by atoms with Crippen LogP contribution in [-0.4, -0.2) is 38.7 Å². The van der Waals surface area contributed by atoms with Crippen LogP contribution in [0, 0.1) is 11.6 Å². The van der Waals surface area contributed by atoms with E-state index in [4.69, 9.17) is 9.47 Å². The van der Waals surface area contributed by atoms with E-state index in [1.807, 2.05) is 24.3 Å². The topological polar surface area (TPSA) is 76.7 Å². The fourth-order valence-electron chi connectivity index (χ4n) is 3.38. The Morgan fingerprint density at radius 2 is 1.76 bits per heavy atom. The molecule has 1 saturated heterocycles. The Bertz CT molecular complexity index is 881. The predicted molar refractivity (Wildman–Crippen MR) is 103 cm³/mol. The van der Waals surface area contributed by atoms with Gasteiger partial charge in [0.1, 0.15) is 17.4 Å². The first-order valence-corrected chi connectivity index (χ1v) is 9.20. The van der Waals surface area contributed by atoms with Crippen molar-refractivity contribution >= 4 is 17.5 Å². The summed E-state index contributed by atoms with van der Waals surface area (Å²) in [5.41, 5.74) is 0.212. The second-order valence-electron chi connectivity index (χ2n) is 6.88. The number of hydrogen-bond donors (Lipinski definition) is 2. The molecule has 29 heavy (non-hydrogen) atoms. The number of rotatable bonds is 5. The minimum atomic E-state index is -1.06. The summed E-state index contributed by atoms with van der Waals surface area (Å²) >= 11 is 0. The first kappa shape index (κ1) is 20.7. The first-order chi connectivity index (χ1) is 13.9. The molecular formula is C21H22F2N2O4. The molecule has 1 aliphatic heterocycles. The van der Waals surface area contributed by atoms with Crippen LogP contribution in [0.1, 0.15) is 18.4 Å². The molecule has 0 aromatic heterocycles. The third-order valence-corrected chi connectivity index (χ3v) is 5.12. The standard InChI is InChI=1S/C21H22F2N2O4/c1-28-16-5-2-14(3-6-16)21(8-10-29-11-9-21)13-24-19(26)20(27)25-18-12-15(22)4-7-17(18)23/h2-7,12H,8-11,13H2,1H3,(H,24,26)(H,25,27). The summed E-state index contributed by atoms with van der Waals surface area (Å²) in [6.07, 6.45) is 1.33. The zero-order valence-electron chi connectivity index (χ0n) is 16.0. The van der Waals surface area contributed by atoms with Gasteiger partial charge in [-0.05, 0) is 42.7 Å². The molecule has 2 N–H and O–H groups in total. The summed E-state index contributed by atoms with van der Waals surface area (Å²) in [5.74, 6) is -2.81. The van der Waals surface area contributed by atoms with Crippen molar-refractivity contribution in [3.8, 4) is 5.75 Å². The summed E-state index contributed by atoms with van der Waals surface area (Å²) in [7, 11) is 1.58. The summed E-state index contributed by atoms with van der Waals surface area (Å²) in [4.78, 5) is 24.4. The molecule has 1 aliphatic rings. The Balaban J connectivity index is 1.69. The van der Waals surface area contributed by atoms with Gasteiger partial charge in [-0.2, -0.15) is 0 Å². The molecule has 2 amide bonds. The molecule has 2 aromatic carbocycles. The molecule has 0 atom stereocenters. The first-order valence-electron chi connectivity index (χ1n) is 9.20. The van der Waals surface area contributed by atoms with Crippen LogP contribution in [0.15, 0.2) is 42.5 Å². The van der Waals surface area contributed by atoms with Crippen molar-refractivity contribution in [3.63, 3.8) is 0 Å². The highest BCUT2D eigenvalue weighted by molar-refractivity contribution is 6.39. The number of anilines is 1. The van der Waals surface area contributed by atoms with Gasteiger partial charge < -0.3 is 20.1 Å². The number of hydrogen-bond acceptors (Lipinski definition) is 4. The van der Waals surface area contributed by atoms with Gasteiger partial charge >= 0.3 is 11.8 Å². The Kier molecular flexibility index (Phi) is 6.43. The molecule has 0 spiro atoms. The van der Waals surface area contributed by atoms with E-state index in [0.717, 1.165) is 29.5 Å². The Hall–Kier alpha value is -3.00. The van der Waals surface area contributed by atoms with E-state index in [9.17, 15) is 18.4 Å². The molecule has 8 heteroatoms. The van der Waals surface area contributed by atoms with E-state index >= 15 is 0 Å². The molecule has 6 nitrogen and oxygen atoms in total. The van der Waals surface area contributed by atoms with Crippen LogP contribution in [0.2, 0.25) is 0 Å². The molecule has 2 aromatic rings. The second kappa shape index (κ2) is 9.00. The molecule has 0 aliphatic carbocycles. The monoisotopic (exact) mass is 404 g/mol. The van der Waals surface area contributed by atoms with Crippen molar-refractivity contribution in [2.75, 3.05) is 32.2 Å². The summed E-state index contributed by atoms with van der Waals surface area (Å²) in [5, 5.41) is 4.72. The number of amides is 2. The maximum absolute atomic E-state index is 13.7. The van der Waals surface area contributed by atoms with Gasteiger partial charge in [-0.3, -0.25) is 9.59 Å². The lowest BCUT2D eigenvalue weighted by molar-refractivity contribution is -0.136. The van der Waals surface area contributed by atoms with E-state index in [2.05, 4.69) is 10.6 Å². The molecule has 1 fully saturated rings. The van der Waals surface area contributed by atoms with Crippen molar-refractivity contribution in [2.24, 2.45) is 0 Å². The molecule has 1 heterocycles. The fraction of sp³-hybridized carbons (Fsp3) is 0.333. The predicted octanol–water partition coefficient (Wildman–Crippen LogP) is 2.78. The Morgan fingerprint density at radius 3 is 2.41 bits per heavy atom. The smallest absolute Gasteiger partial charge is 0.313 e. The van der Waals surface area contributed by atoms with Crippen LogP contribution in [0.25, 0.3) is 0 Å². The highest BCUT2D eigenvalue weighted by Gasteiger charge is 2.35. The van der Waals surface area contributed by atoms with Gasteiger partial charge in [0.2, 0.25) is 0 Å². The SMILES string of the molecule is COc1ccc(C2(CNC(=O)C(=O)Nc3cc(F)ccc3F)CCOCC2)cc1. The van der Waals surface area contributed by atoms with E-state index in [1.54, 1.807) is 7.11 Å². The van der Waals surface area contributed by atoms with E-state index in [-0.39, 0.29) is 12.2 Å². The molecule has 0 bridgehead atoms. The third-order valence-electron chi connectivity index (χ3n) is 5.12. The summed E-state index contributed by atoms with van der Waals surface area (Å²) in [6.45, 7) is 1.27. The minimum Gasteiger partial charge on any atom is -0.497 e. The fourth-order valence-corrected chi connectivity index (χ4v) is 3.38. The largest absolute Gasteiger partial charge is 0.497 e. The number of halogens is 2. The van der Waals surface area contributed by atoms with Crippen molar-refractivity contribution in [3.05, 3.63) is 59.7 Å². The lowest BCUT2D eigenvalue weighted by atomic mass is 9.74. The number of carbonyl (C=O) groups excluding carboxylic acids is 2. The average Bonchev–Trinajstić information content (AvgIpc) is 2.75. The molecule has 0 radical (unpaired) electrons. The molecule has 0 unspecified atom stereocenters. The van der Waals surface area contributed by atoms with Gasteiger partial charge in [0.15, 0.2) is 0 Å². The Morgan fingerprint density at radius 1 is 1.07 bits per heavy atom. The quantitative estimate of drug-likeness (QED) is 0.752. The van der Waals surface area contributed by atoms with Gasteiger partial charge in [0, 0.05) is 31.2 Å². The number of benzene rings is 2. The van der Waals surface area contributed by atoms with Gasteiger partial charge in [-0.15, -0.1) is 0 Å². The van der Waals surface area contributed by atoms with Crippen molar-refractivity contribution < 1.29 is 27.8 Å². The highest BCUT2D eigenvalue weighted by Crippen LogP contribution is 2.35. The van der Waals surface area contributed by atoms with Crippen LogP contribution < -0.4 is 15.4 Å². The summed E-state index contributed by atoms with van der Waals surface area (Å²) < 4.78 is 37.6. The maximum Gasteiger partial charge on any atom is 0.313 e. The van der Waals surface area contributed by atoms with Crippen LogP contribution in [0.3, 0.4) is 0 Å². The highest BCUT2D eigenvalue weighted by atomic mass is 19.1. The van der Waals surface area contributed by atoms with Crippen molar-refractivity contribution in [1.82, 2.24) is 5.32 Å². The Labute approximate surface area is 167 Å². The van der Waals surface area contributed by atoms with Gasteiger partial charge in [0.05, 0.1) is 12.8 Å². The average molecular weight is 404 g/mol. The lowest BCUT2D eigenvalue weighted by Gasteiger charge is -2.38. The van der Waals surface area contributed by atoms with Crippen LogP contribution in [0.5, 0.6) is 5.75 Å². The van der Waals surface area contributed by atoms with E-state index in [1.165, 1.54) is 0 Å². The molecular weight excluding hydrogens is 382 g/mol. The summed E-state index contributed by atoms with van der Waals surface area (Å²) in [6, 6.07) is 10.2. The van der Waals surface area contributed by atoms with Crippen LogP contribution >= 0.6 is 0 Å². The van der Waals surface area contributed by atoms with Crippen molar-refractivity contribution in [1.29, 1.82) is 0 Å². The maximum atomic E-state index is 13.7. The number of ether oxygens (including phenoxy) is 2. The third kappa shape index (κ3) is 4.89. The molecule has 0 saturated carbocycles. The number of nitrogens with one attached hydrogen (secondary N) is 2. The van der Waals surface area contributed by atoms with Gasteiger partial charge in [-0.25, -0.2) is 8.78 Å². The number of carbonyl (C=O) groups is 2. The van der Waals surface area contributed by atoms with E-state index < -0.39 is 28.9 Å².